The first-order chi connectivity index (χ1) is 12.5. The molecule has 0 fully saturated rings. The van der Waals surface area contributed by atoms with Gasteiger partial charge >= 0.3 is 0 Å². The third-order valence-corrected chi connectivity index (χ3v) is 5.26. The summed E-state index contributed by atoms with van der Waals surface area (Å²) in [6, 6.07) is 14.7. The Hall–Kier alpha value is -2.57. The minimum atomic E-state index is -0.644. The number of hydrogen-bond acceptors (Lipinski definition) is 3. The second-order valence-corrected chi connectivity index (χ2v) is 6.92. The Balaban J connectivity index is 1.83. The Bertz CT molecular complexity index is 908. The molecule has 3 rings (SSSR count). The van der Waals surface area contributed by atoms with E-state index in [1.165, 1.54) is 40.5 Å². The fourth-order valence-electron chi connectivity index (χ4n) is 2.70. The number of amides is 1. The number of rotatable bonds is 5. The quantitative estimate of drug-likeness (QED) is 0.715. The molecule has 2 aromatic carbocycles. The second kappa shape index (κ2) is 7.76. The summed E-state index contributed by atoms with van der Waals surface area (Å²) in [5, 5.41) is 9.70. The van der Waals surface area contributed by atoms with E-state index in [1.807, 2.05) is 0 Å². The minimum Gasteiger partial charge on any atom is -0.394 e. The van der Waals surface area contributed by atoms with E-state index in [-0.39, 0.29) is 18.3 Å². The predicted molar refractivity (Wildman–Crippen MR) is 98.0 cm³/mol. The van der Waals surface area contributed by atoms with Crippen LogP contribution in [0.15, 0.2) is 60.7 Å². The molecular weight excluding hydrogens is 356 g/mol. The van der Waals surface area contributed by atoms with Crippen molar-refractivity contribution in [3.63, 3.8) is 0 Å². The molecule has 6 heteroatoms. The maximum absolute atomic E-state index is 13.5. The van der Waals surface area contributed by atoms with Gasteiger partial charge in [-0.25, -0.2) is 8.78 Å². The van der Waals surface area contributed by atoms with Crippen LogP contribution in [0.3, 0.4) is 0 Å². The van der Waals surface area contributed by atoms with Crippen molar-refractivity contribution in [1.29, 1.82) is 0 Å². The molecule has 1 atom stereocenters. The molecule has 1 unspecified atom stereocenters. The highest BCUT2D eigenvalue weighted by molar-refractivity contribution is 7.17. The third kappa shape index (κ3) is 3.81. The van der Waals surface area contributed by atoms with Crippen LogP contribution < -0.4 is 0 Å². The maximum atomic E-state index is 13.5. The maximum Gasteiger partial charge on any atom is 0.264 e. The van der Waals surface area contributed by atoms with Crippen LogP contribution in [-0.2, 0) is 0 Å². The van der Waals surface area contributed by atoms with E-state index in [1.54, 1.807) is 43.4 Å². The number of carbonyl (C=O) groups excluding carboxylic acids is 1. The molecule has 0 bridgehead atoms. The van der Waals surface area contributed by atoms with Crippen LogP contribution in [0.5, 0.6) is 0 Å². The van der Waals surface area contributed by atoms with Gasteiger partial charge in [0, 0.05) is 11.9 Å². The van der Waals surface area contributed by atoms with Crippen LogP contribution >= 0.6 is 11.3 Å². The van der Waals surface area contributed by atoms with Crippen molar-refractivity contribution < 1.29 is 18.7 Å². The molecule has 0 saturated heterocycles. The third-order valence-electron chi connectivity index (χ3n) is 4.14. The first-order valence-corrected chi connectivity index (χ1v) is 8.80. The summed E-state index contributed by atoms with van der Waals surface area (Å²) >= 11 is 1.29. The van der Waals surface area contributed by atoms with Crippen LogP contribution in [0, 0.1) is 11.6 Å². The molecule has 0 radical (unpaired) electrons. The smallest absolute Gasteiger partial charge is 0.264 e. The van der Waals surface area contributed by atoms with Crippen LogP contribution in [0.4, 0.5) is 8.78 Å². The zero-order chi connectivity index (χ0) is 18.7. The van der Waals surface area contributed by atoms with Gasteiger partial charge in [0.25, 0.3) is 5.91 Å². The van der Waals surface area contributed by atoms with Crippen molar-refractivity contribution in [3.05, 3.63) is 82.7 Å². The zero-order valence-electron chi connectivity index (χ0n) is 14.0. The van der Waals surface area contributed by atoms with E-state index >= 15 is 0 Å². The number of benzene rings is 2. The second-order valence-electron chi connectivity index (χ2n) is 5.84. The van der Waals surface area contributed by atoms with Gasteiger partial charge in [0.2, 0.25) is 0 Å². The van der Waals surface area contributed by atoms with Crippen molar-refractivity contribution in [3.8, 4) is 10.4 Å². The molecular formula is C20H17F2NO2S. The van der Waals surface area contributed by atoms with Crippen molar-refractivity contribution >= 4 is 17.2 Å². The van der Waals surface area contributed by atoms with Gasteiger partial charge in [-0.2, -0.15) is 0 Å². The largest absolute Gasteiger partial charge is 0.394 e. The van der Waals surface area contributed by atoms with E-state index < -0.39 is 11.9 Å². The number of thiophene rings is 1. The highest BCUT2D eigenvalue weighted by Crippen LogP contribution is 2.30. The summed E-state index contributed by atoms with van der Waals surface area (Å²) in [7, 11) is 1.57. The number of aliphatic hydroxyl groups excluding tert-OH is 1. The summed E-state index contributed by atoms with van der Waals surface area (Å²) in [5.74, 6) is -1.01. The molecule has 3 aromatic rings. The lowest BCUT2D eigenvalue weighted by Gasteiger charge is -2.26. The van der Waals surface area contributed by atoms with E-state index in [2.05, 4.69) is 0 Å². The standard InChI is InChI=1S/C20H17F2NO2S/c1-23(17(12-24)14-3-2-4-16(22)11-14)20(25)19-10-9-18(26-19)13-5-7-15(21)8-6-13/h2-11,17,24H,12H2,1H3. The SMILES string of the molecule is CN(C(=O)c1ccc(-c2ccc(F)cc2)s1)C(CO)c1cccc(F)c1. The van der Waals surface area contributed by atoms with Gasteiger partial charge in [0.1, 0.15) is 11.6 Å². The van der Waals surface area contributed by atoms with Crippen molar-refractivity contribution in [1.82, 2.24) is 4.90 Å². The van der Waals surface area contributed by atoms with Crippen LogP contribution in [0.25, 0.3) is 10.4 Å². The van der Waals surface area contributed by atoms with E-state index in [0.29, 0.717) is 10.4 Å². The summed E-state index contributed by atoms with van der Waals surface area (Å²) in [6.07, 6.45) is 0. The monoisotopic (exact) mass is 373 g/mol. The van der Waals surface area contributed by atoms with Crippen LogP contribution in [0.2, 0.25) is 0 Å². The first kappa shape index (κ1) is 18.2. The summed E-state index contributed by atoms with van der Waals surface area (Å²) in [6.45, 7) is -0.318. The average molecular weight is 373 g/mol. The zero-order valence-corrected chi connectivity index (χ0v) is 14.8. The number of hydrogen-bond donors (Lipinski definition) is 1. The Morgan fingerprint density at radius 1 is 1.08 bits per heavy atom. The molecule has 1 heterocycles. The first-order valence-electron chi connectivity index (χ1n) is 7.99. The van der Waals surface area contributed by atoms with Crippen molar-refractivity contribution in [2.75, 3.05) is 13.7 Å². The van der Waals surface area contributed by atoms with Gasteiger partial charge in [-0.3, -0.25) is 4.79 Å². The molecule has 0 spiro atoms. The molecule has 0 saturated carbocycles. The van der Waals surface area contributed by atoms with E-state index in [9.17, 15) is 18.7 Å². The lowest BCUT2D eigenvalue weighted by Crippen LogP contribution is -2.32. The highest BCUT2D eigenvalue weighted by Gasteiger charge is 2.23. The minimum absolute atomic E-state index is 0.272. The van der Waals surface area contributed by atoms with Gasteiger partial charge in [0.05, 0.1) is 17.5 Å². The average Bonchev–Trinajstić information content (AvgIpc) is 3.12. The number of halogens is 2. The molecule has 1 aromatic heterocycles. The normalized spacial score (nSPS) is 12.0. The Labute approximate surface area is 154 Å². The molecule has 1 N–H and O–H groups in total. The van der Waals surface area contributed by atoms with E-state index in [4.69, 9.17) is 0 Å². The molecule has 0 aliphatic carbocycles. The highest BCUT2D eigenvalue weighted by atomic mass is 32.1. The fraction of sp³-hybridized carbons (Fsp3) is 0.150. The molecule has 134 valence electrons. The molecule has 0 aliphatic rings. The van der Waals surface area contributed by atoms with Gasteiger partial charge in [0.15, 0.2) is 0 Å². The molecule has 26 heavy (non-hydrogen) atoms. The predicted octanol–water partition coefficient (Wildman–Crippen LogP) is 4.50. The summed E-state index contributed by atoms with van der Waals surface area (Å²) in [4.78, 5) is 15.5. The van der Waals surface area contributed by atoms with Crippen molar-refractivity contribution in [2.24, 2.45) is 0 Å². The van der Waals surface area contributed by atoms with Gasteiger partial charge < -0.3 is 10.0 Å². The number of nitrogens with zero attached hydrogens (tertiary/aromatic N) is 1. The number of likely N-dealkylation sites (N-methyl/N-ethyl adjacent to an activating group) is 1. The fourth-order valence-corrected chi connectivity index (χ4v) is 3.70. The molecule has 3 nitrogen and oxygen atoms in total. The Morgan fingerprint density at radius 2 is 1.81 bits per heavy atom. The lowest BCUT2D eigenvalue weighted by molar-refractivity contribution is 0.0663. The number of carbonyl (C=O) groups is 1. The molecule has 1 amide bonds. The van der Waals surface area contributed by atoms with Gasteiger partial charge in [-0.05, 0) is 47.5 Å². The van der Waals surface area contributed by atoms with Gasteiger partial charge in [-0.15, -0.1) is 11.3 Å². The Kier molecular flexibility index (Phi) is 5.44. The van der Waals surface area contributed by atoms with Crippen LogP contribution in [0.1, 0.15) is 21.3 Å². The molecule has 0 aliphatic heterocycles. The number of aliphatic hydroxyl groups is 1. The van der Waals surface area contributed by atoms with E-state index in [0.717, 1.165) is 10.4 Å². The topological polar surface area (TPSA) is 40.5 Å². The Morgan fingerprint density at radius 3 is 2.46 bits per heavy atom. The van der Waals surface area contributed by atoms with Crippen LogP contribution in [-0.4, -0.2) is 29.6 Å². The van der Waals surface area contributed by atoms with Crippen molar-refractivity contribution in [2.45, 2.75) is 6.04 Å². The summed E-state index contributed by atoms with van der Waals surface area (Å²) < 4.78 is 26.5. The van der Waals surface area contributed by atoms with Gasteiger partial charge in [-0.1, -0.05) is 24.3 Å². The summed E-state index contributed by atoms with van der Waals surface area (Å²) in [5.41, 5.74) is 1.35. The lowest BCUT2D eigenvalue weighted by atomic mass is 10.1.